The lowest BCUT2D eigenvalue weighted by atomic mass is 10.2. The van der Waals surface area contributed by atoms with Crippen molar-refractivity contribution < 1.29 is 17.9 Å². The first-order valence-corrected chi connectivity index (χ1v) is 12.5. The van der Waals surface area contributed by atoms with Crippen LogP contribution in [0.2, 0.25) is 0 Å². The van der Waals surface area contributed by atoms with Crippen LogP contribution in [0.25, 0.3) is 11.3 Å². The molecule has 2 heterocycles. The van der Waals surface area contributed by atoms with Crippen molar-refractivity contribution in [3.05, 3.63) is 72.1 Å². The molecule has 32 heavy (non-hydrogen) atoms. The zero-order valence-electron chi connectivity index (χ0n) is 17.4. The number of thiazole rings is 1. The standard InChI is InChI=1S/C23H23N3O4S2/c1-2-15-30-19-9-5-18(6-10-19)22(27)25-23-24-21(16-31-23)17-7-11-20(12-8-17)32(28,29)26-13-3-4-14-26/h2,5-12,16H,1,3-4,13-15H2,(H,24,25,27). The molecule has 3 aromatic rings. The number of nitrogens with zero attached hydrogens (tertiary/aromatic N) is 2. The van der Waals surface area contributed by atoms with Crippen LogP contribution >= 0.6 is 11.3 Å². The Labute approximate surface area is 191 Å². The van der Waals surface area contributed by atoms with Crippen LogP contribution in [-0.4, -0.2) is 43.3 Å². The van der Waals surface area contributed by atoms with E-state index in [4.69, 9.17) is 4.74 Å². The predicted molar refractivity (Wildman–Crippen MR) is 126 cm³/mol. The van der Waals surface area contributed by atoms with Gasteiger partial charge in [-0.1, -0.05) is 24.8 Å². The van der Waals surface area contributed by atoms with Gasteiger partial charge in [0.1, 0.15) is 12.4 Å². The summed E-state index contributed by atoms with van der Waals surface area (Å²) < 4.78 is 32.3. The zero-order valence-corrected chi connectivity index (χ0v) is 19.0. The Kier molecular flexibility index (Phi) is 6.69. The summed E-state index contributed by atoms with van der Waals surface area (Å²) in [6.07, 6.45) is 3.45. The maximum absolute atomic E-state index is 12.7. The highest BCUT2D eigenvalue weighted by molar-refractivity contribution is 7.89. The van der Waals surface area contributed by atoms with Gasteiger partial charge in [-0.3, -0.25) is 10.1 Å². The molecule has 0 unspecified atom stereocenters. The molecule has 1 saturated heterocycles. The first-order valence-electron chi connectivity index (χ1n) is 10.2. The fraction of sp³-hybridized carbons (Fsp3) is 0.217. The summed E-state index contributed by atoms with van der Waals surface area (Å²) in [6, 6.07) is 13.5. The average molecular weight is 470 g/mol. The van der Waals surface area contributed by atoms with Crippen LogP contribution in [-0.2, 0) is 10.0 Å². The molecular formula is C23H23N3O4S2. The summed E-state index contributed by atoms with van der Waals surface area (Å²) in [5, 5.41) is 5.08. The second kappa shape index (κ2) is 9.64. The third-order valence-electron chi connectivity index (χ3n) is 5.06. The molecule has 0 radical (unpaired) electrons. The normalized spacial score (nSPS) is 14.2. The SMILES string of the molecule is C=CCOc1ccc(C(=O)Nc2nc(-c3ccc(S(=O)(=O)N4CCCC4)cc3)cs2)cc1. The van der Waals surface area contributed by atoms with Crippen LogP contribution in [0.5, 0.6) is 5.75 Å². The number of benzene rings is 2. The van der Waals surface area contributed by atoms with Gasteiger partial charge in [-0.25, -0.2) is 13.4 Å². The topological polar surface area (TPSA) is 88.6 Å². The van der Waals surface area contributed by atoms with Crippen LogP contribution in [0.15, 0.2) is 71.5 Å². The molecule has 1 aliphatic heterocycles. The van der Waals surface area contributed by atoms with Gasteiger partial charge >= 0.3 is 0 Å². The average Bonchev–Trinajstić information content (AvgIpc) is 3.51. The molecule has 1 amide bonds. The number of aromatic nitrogens is 1. The second-order valence-electron chi connectivity index (χ2n) is 7.25. The van der Waals surface area contributed by atoms with Crippen LogP contribution in [0.4, 0.5) is 5.13 Å². The van der Waals surface area contributed by atoms with Crippen molar-refractivity contribution in [1.29, 1.82) is 0 Å². The summed E-state index contributed by atoms with van der Waals surface area (Å²) in [7, 11) is -3.44. The van der Waals surface area contributed by atoms with Crippen molar-refractivity contribution in [3.8, 4) is 17.0 Å². The minimum atomic E-state index is -3.44. The molecule has 0 bridgehead atoms. The Morgan fingerprint density at radius 3 is 2.47 bits per heavy atom. The lowest BCUT2D eigenvalue weighted by Crippen LogP contribution is -2.27. The Bertz CT molecular complexity index is 1200. The van der Waals surface area contributed by atoms with Gasteiger partial charge in [0.25, 0.3) is 5.91 Å². The molecule has 1 fully saturated rings. The van der Waals surface area contributed by atoms with Crippen LogP contribution in [0.1, 0.15) is 23.2 Å². The van der Waals surface area contributed by atoms with E-state index in [9.17, 15) is 13.2 Å². The van der Waals surface area contributed by atoms with Crippen molar-refractivity contribution in [3.63, 3.8) is 0 Å². The van der Waals surface area contributed by atoms with Gasteiger partial charge in [-0.15, -0.1) is 11.3 Å². The number of carbonyl (C=O) groups excluding carboxylic acids is 1. The lowest BCUT2D eigenvalue weighted by molar-refractivity contribution is 0.102. The molecule has 7 nitrogen and oxygen atoms in total. The Morgan fingerprint density at radius 2 is 1.81 bits per heavy atom. The van der Waals surface area contributed by atoms with Crippen LogP contribution in [0, 0.1) is 0 Å². The van der Waals surface area contributed by atoms with E-state index >= 15 is 0 Å². The van der Waals surface area contributed by atoms with E-state index in [0.717, 1.165) is 18.4 Å². The number of sulfonamides is 1. The van der Waals surface area contributed by atoms with E-state index < -0.39 is 10.0 Å². The maximum atomic E-state index is 12.7. The highest BCUT2D eigenvalue weighted by Crippen LogP contribution is 2.28. The van der Waals surface area contributed by atoms with Gasteiger partial charge in [0.15, 0.2) is 5.13 Å². The second-order valence-corrected chi connectivity index (χ2v) is 10.0. The van der Waals surface area contributed by atoms with Crippen molar-refractivity contribution >= 4 is 32.4 Å². The molecule has 0 saturated carbocycles. The molecule has 9 heteroatoms. The number of anilines is 1. The van der Waals surface area contributed by atoms with E-state index in [-0.39, 0.29) is 10.8 Å². The van der Waals surface area contributed by atoms with Gasteiger partial charge in [0.05, 0.1) is 10.6 Å². The number of hydrogen-bond acceptors (Lipinski definition) is 6. The molecule has 0 atom stereocenters. The van der Waals surface area contributed by atoms with Crippen molar-refractivity contribution in [2.45, 2.75) is 17.7 Å². The number of nitrogens with one attached hydrogen (secondary N) is 1. The summed E-state index contributed by atoms with van der Waals surface area (Å²) in [6.45, 7) is 5.15. The van der Waals surface area contributed by atoms with E-state index in [1.807, 2.05) is 5.38 Å². The molecule has 1 aromatic heterocycles. The van der Waals surface area contributed by atoms with Gasteiger partial charge < -0.3 is 4.74 Å². The van der Waals surface area contributed by atoms with Crippen molar-refractivity contribution in [2.24, 2.45) is 0 Å². The van der Waals surface area contributed by atoms with Gasteiger partial charge in [-0.05, 0) is 49.2 Å². The van der Waals surface area contributed by atoms with E-state index in [1.54, 1.807) is 54.6 Å². The largest absolute Gasteiger partial charge is 0.490 e. The molecule has 166 valence electrons. The molecule has 2 aromatic carbocycles. The third-order valence-corrected chi connectivity index (χ3v) is 7.73. The smallest absolute Gasteiger partial charge is 0.257 e. The summed E-state index contributed by atoms with van der Waals surface area (Å²) in [5.74, 6) is 0.390. The molecule has 1 aliphatic rings. The fourth-order valence-corrected chi connectivity index (χ4v) is 5.60. The quantitative estimate of drug-likeness (QED) is 0.494. The van der Waals surface area contributed by atoms with Crippen molar-refractivity contribution in [1.82, 2.24) is 9.29 Å². The van der Waals surface area contributed by atoms with E-state index in [0.29, 0.717) is 41.8 Å². The maximum Gasteiger partial charge on any atom is 0.257 e. The highest BCUT2D eigenvalue weighted by Gasteiger charge is 2.27. The molecule has 4 rings (SSSR count). The summed E-state index contributed by atoms with van der Waals surface area (Å²) >= 11 is 1.31. The number of rotatable bonds is 8. The monoisotopic (exact) mass is 469 g/mol. The molecular weight excluding hydrogens is 446 g/mol. The third kappa shape index (κ3) is 4.90. The summed E-state index contributed by atoms with van der Waals surface area (Å²) in [4.78, 5) is 17.2. The van der Waals surface area contributed by atoms with E-state index in [1.165, 1.54) is 15.6 Å². The Hall–Kier alpha value is -3.01. The van der Waals surface area contributed by atoms with Gasteiger partial charge in [0, 0.05) is 29.6 Å². The molecule has 1 N–H and O–H groups in total. The van der Waals surface area contributed by atoms with Gasteiger partial charge in [-0.2, -0.15) is 4.31 Å². The first-order chi connectivity index (χ1) is 15.5. The number of ether oxygens (including phenoxy) is 1. The minimum Gasteiger partial charge on any atom is -0.490 e. The molecule has 0 aliphatic carbocycles. The van der Waals surface area contributed by atoms with E-state index in [2.05, 4.69) is 16.9 Å². The first kappa shape index (κ1) is 22.2. The Morgan fingerprint density at radius 1 is 1.12 bits per heavy atom. The summed E-state index contributed by atoms with van der Waals surface area (Å²) in [5.41, 5.74) is 1.94. The Balaban J connectivity index is 1.42. The highest BCUT2D eigenvalue weighted by atomic mass is 32.2. The fourth-order valence-electron chi connectivity index (χ4n) is 3.37. The minimum absolute atomic E-state index is 0.270. The van der Waals surface area contributed by atoms with Gasteiger partial charge in [0.2, 0.25) is 10.0 Å². The van der Waals surface area contributed by atoms with Crippen molar-refractivity contribution in [2.75, 3.05) is 25.0 Å². The van der Waals surface area contributed by atoms with Crippen LogP contribution < -0.4 is 10.1 Å². The zero-order chi connectivity index (χ0) is 22.6. The lowest BCUT2D eigenvalue weighted by Gasteiger charge is -2.15. The molecule has 0 spiro atoms. The van der Waals surface area contributed by atoms with Crippen LogP contribution in [0.3, 0.4) is 0 Å². The number of amides is 1. The predicted octanol–water partition coefficient (Wildman–Crippen LogP) is 4.41. The number of carbonyl (C=O) groups is 1. The number of hydrogen-bond donors (Lipinski definition) is 1.